The molecule has 0 spiro atoms. The first-order valence-corrected chi connectivity index (χ1v) is 9.84. The van der Waals surface area contributed by atoms with E-state index in [2.05, 4.69) is 10.5 Å². The lowest BCUT2D eigenvalue weighted by Gasteiger charge is -2.15. The van der Waals surface area contributed by atoms with Crippen LogP contribution in [0.3, 0.4) is 0 Å². The van der Waals surface area contributed by atoms with E-state index in [0.717, 1.165) is 16.9 Å². The van der Waals surface area contributed by atoms with Crippen LogP contribution in [0.5, 0.6) is 0 Å². The second kappa shape index (κ2) is 8.33. The fourth-order valence-corrected chi connectivity index (χ4v) is 3.83. The molecule has 28 heavy (non-hydrogen) atoms. The highest BCUT2D eigenvalue weighted by Crippen LogP contribution is 2.36. The number of carbonyl (C=O) groups excluding carboxylic acids is 1. The highest BCUT2D eigenvalue weighted by atomic mass is 35.5. The lowest BCUT2D eigenvalue weighted by atomic mass is 10.2. The van der Waals surface area contributed by atoms with Gasteiger partial charge in [-0.15, -0.1) is 5.10 Å². The summed E-state index contributed by atoms with van der Waals surface area (Å²) in [4.78, 5) is 15.3. The third-order valence-electron chi connectivity index (χ3n) is 4.07. The quantitative estimate of drug-likeness (QED) is 0.437. The predicted molar refractivity (Wildman–Crippen MR) is 118 cm³/mol. The van der Waals surface area contributed by atoms with Gasteiger partial charge in [0, 0.05) is 5.02 Å². The summed E-state index contributed by atoms with van der Waals surface area (Å²) in [7, 11) is 0. The molecule has 0 unspecified atom stereocenters. The molecular weight excluding hydrogens is 390 g/mol. The normalized spacial score (nSPS) is 16.8. The number of hydrogen-bond donors (Lipinski definition) is 1. The molecular formula is C22H16ClN3OS. The van der Waals surface area contributed by atoms with Gasteiger partial charge in [0.1, 0.15) is 0 Å². The van der Waals surface area contributed by atoms with Crippen molar-refractivity contribution in [3.63, 3.8) is 0 Å². The zero-order chi connectivity index (χ0) is 19.3. The Bertz CT molecular complexity index is 1050. The second-order valence-corrected chi connectivity index (χ2v) is 7.40. The van der Waals surface area contributed by atoms with Crippen LogP contribution in [-0.4, -0.2) is 11.1 Å². The molecule has 4 rings (SSSR count). The Morgan fingerprint density at radius 1 is 0.893 bits per heavy atom. The Morgan fingerprint density at radius 3 is 2.25 bits per heavy atom. The summed E-state index contributed by atoms with van der Waals surface area (Å²) in [6.45, 7) is 0. The molecule has 1 fully saturated rings. The van der Waals surface area contributed by atoms with Gasteiger partial charge in [0.2, 0.25) is 0 Å². The number of amides is 1. The molecule has 1 amide bonds. The summed E-state index contributed by atoms with van der Waals surface area (Å²) in [5.74, 6) is -0.135. The molecule has 3 aromatic carbocycles. The summed E-state index contributed by atoms with van der Waals surface area (Å²) in [6, 6.07) is 26.5. The Balaban J connectivity index is 1.71. The van der Waals surface area contributed by atoms with Crippen molar-refractivity contribution in [2.45, 2.75) is 0 Å². The molecule has 0 aliphatic carbocycles. The van der Waals surface area contributed by atoms with Crippen LogP contribution in [0.4, 0.5) is 11.4 Å². The lowest BCUT2D eigenvalue weighted by molar-refractivity contribution is -0.113. The van der Waals surface area contributed by atoms with E-state index >= 15 is 0 Å². The number of thioether (sulfide) groups is 1. The van der Waals surface area contributed by atoms with Gasteiger partial charge in [-0.2, -0.15) is 0 Å². The van der Waals surface area contributed by atoms with Gasteiger partial charge < -0.3 is 0 Å². The maximum Gasteiger partial charge on any atom is 0.271 e. The molecule has 0 atom stereocenters. The molecule has 0 saturated carbocycles. The van der Waals surface area contributed by atoms with Gasteiger partial charge in [-0.25, -0.2) is 0 Å². The van der Waals surface area contributed by atoms with Crippen LogP contribution < -0.4 is 10.3 Å². The monoisotopic (exact) mass is 405 g/mol. The third-order valence-corrected chi connectivity index (χ3v) is 5.38. The highest BCUT2D eigenvalue weighted by molar-refractivity contribution is 8.19. The van der Waals surface area contributed by atoms with E-state index in [-0.39, 0.29) is 5.91 Å². The van der Waals surface area contributed by atoms with Gasteiger partial charge >= 0.3 is 0 Å². The lowest BCUT2D eigenvalue weighted by Crippen LogP contribution is -2.29. The second-order valence-electron chi connectivity index (χ2n) is 5.98. The molecule has 0 bridgehead atoms. The van der Waals surface area contributed by atoms with Crippen molar-refractivity contribution >= 4 is 51.9 Å². The first-order chi connectivity index (χ1) is 13.7. The number of hydrazone groups is 1. The van der Waals surface area contributed by atoms with E-state index in [1.54, 1.807) is 17.0 Å². The zero-order valence-corrected chi connectivity index (χ0v) is 16.3. The molecule has 1 aliphatic heterocycles. The number of benzene rings is 3. The maximum absolute atomic E-state index is 13.1. The minimum absolute atomic E-state index is 0.135. The van der Waals surface area contributed by atoms with Crippen molar-refractivity contribution in [2.24, 2.45) is 5.10 Å². The molecule has 1 saturated heterocycles. The van der Waals surface area contributed by atoms with Crippen molar-refractivity contribution in [3.8, 4) is 0 Å². The first-order valence-electron chi connectivity index (χ1n) is 8.65. The van der Waals surface area contributed by atoms with Gasteiger partial charge in [-0.05, 0) is 53.7 Å². The van der Waals surface area contributed by atoms with Crippen LogP contribution in [-0.2, 0) is 4.79 Å². The average molecular weight is 406 g/mol. The molecule has 1 aliphatic rings. The SMILES string of the molecule is O=C1/C(=C/c2ccccc2Cl)S/C(=N\Nc2ccccc2)N1c1ccccc1. The number of para-hydroxylation sites is 2. The highest BCUT2D eigenvalue weighted by Gasteiger charge is 2.35. The summed E-state index contributed by atoms with van der Waals surface area (Å²) in [5, 5.41) is 5.63. The van der Waals surface area contributed by atoms with E-state index < -0.39 is 0 Å². The van der Waals surface area contributed by atoms with E-state index in [9.17, 15) is 4.79 Å². The van der Waals surface area contributed by atoms with Gasteiger partial charge in [-0.3, -0.25) is 15.1 Å². The van der Waals surface area contributed by atoms with Crippen LogP contribution in [0.15, 0.2) is 94.9 Å². The Kier molecular flexibility index (Phi) is 5.46. The molecule has 1 heterocycles. The summed E-state index contributed by atoms with van der Waals surface area (Å²) < 4.78 is 0. The fraction of sp³-hybridized carbons (Fsp3) is 0. The molecule has 6 heteroatoms. The van der Waals surface area contributed by atoms with Crippen molar-refractivity contribution in [1.82, 2.24) is 0 Å². The van der Waals surface area contributed by atoms with Crippen molar-refractivity contribution in [2.75, 3.05) is 10.3 Å². The fourth-order valence-electron chi connectivity index (χ4n) is 2.71. The van der Waals surface area contributed by atoms with Crippen LogP contribution in [0.25, 0.3) is 6.08 Å². The Labute approximate surface area is 172 Å². The molecule has 0 aromatic heterocycles. The number of nitrogens with one attached hydrogen (secondary N) is 1. The maximum atomic E-state index is 13.1. The van der Waals surface area contributed by atoms with Crippen LogP contribution in [0, 0.1) is 0 Å². The predicted octanol–water partition coefficient (Wildman–Crippen LogP) is 5.84. The van der Waals surface area contributed by atoms with Crippen molar-refractivity contribution < 1.29 is 4.79 Å². The number of hydrogen-bond acceptors (Lipinski definition) is 4. The first kappa shape index (κ1) is 18.3. The molecule has 4 nitrogen and oxygen atoms in total. The topological polar surface area (TPSA) is 44.7 Å². The molecule has 3 aromatic rings. The third kappa shape index (κ3) is 3.96. The van der Waals surface area contributed by atoms with E-state index in [1.807, 2.05) is 78.9 Å². The Hall–Kier alpha value is -3.02. The van der Waals surface area contributed by atoms with Crippen LogP contribution in [0.2, 0.25) is 5.02 Å². The van der Waals surface area contributed by atoms with Gasteiger partial charge in [0.25, 0.3) is 5.91 Å². The summed E-state index contributed by atoms with van der Waals surface area (Å²) >= 11 is 7.57. The molecule has 0 radical (unpaired) electrons. The largest absolute Gasteiger partial charge is 0.276 e. The number of rotatable bonds is 4. The van der Waals surface area contributed by atoms with Crippen molar-refractivity contribution in [1.29, 1.82) is 0 Å². The average Bonchev–Trinajstić information content (AvgIpc) is 3.05. The van der Waals surface area contributed by atoms with E-state index in [4.69, 9.17) is 11.6 Å². The van der Waals surface area contributed by atoms with Crippen LogP contribution in [0.1, 0.15) is 5.56 Å². The summed E-state index contributed by atoms with van der Waals surface area (Å²) in [6.07, 6.45) is 1.80. The van der Waals surface area contributed by atoms with E-state index in [1.165, 1.54) is 11.8 Å². The minimum Gasteiger partial charge on any atom is -0.276 e. The van der Waals surface area contributed by atoms with Gasteiger partial charge in [-0.1, -0.05) is 66.2 Å². The number of carbonyl (C=O) groups is 1. The minimum atomic E-state index is -0.135. The summed E-state index contributed by atoms with van der Waals surface area (Å²) in [5.41, 5.74) is 5.43. The number of nitrogens with zero attached hydrogens (tertiary/aromatic N) is 2. The number of amidine groups is 1. The van der Waals surface area contributed by atoms with Crippen molar-refractivity contribution in [3.05, 3.63) is 100 Å². The molecule has 1 N–H and O–H groups in total. The van der Waals surface area contributed by atoms with E-state index in [0.29, 0.717) is 15.1 Å². The molecule has 138 valence electrons. The smallest absolute Gasteiger partial charge is 0.271 e. The van der Waals surface area contributed by atoms with Gasteiger partial charge in [0.05, 0.1) is 16.3 Å². The number of anilines is 2. The Morgan fingerprint density at radius 2 is 1.54 bits per heavy atom. The zero-order valence-electron chi connectivity index (χ0n) is 14.7. The number of halogens is 1. The van der Waals surface area contributed by atoms with Crippen LogP contribution >= 0.6 is 23.4 Å². The van der Waals surface area contributed by atoms with Gasteiger partial charge in [0.15, 0.2) is 5.17 Å². The standard InChI is InChI=1S/C22H16ClN3OS/c23-19-14-8-7-9-16(19)15-20-21(27)26(18-12-5-2-6-13-18)22(28-20)25-24-17-10-3-1-4-11-17/h1-15,24H/b20-15-,25-22-.